The lowest BCUT2D eigenvalue weighted by atomic mass is 10.1. The van der Waals surface area contributed by atoms with Gasteiger partial charge in [0.1, 0.15) is 0 Å². The molecule has 0 saturated carbocycles. The molecule has 1 nitrogen and oxygen atoms in total. The number of rotatable bonds is 4. The summed E-state index contributed by atoms with van der Waals surface area (Å²) in [4.78, 5) is 1.42. The third-order valence-electron chi connectivity index (χ3n) is 2.30. The van der Waals surface area contributed by atoms with Crippen LogP contribution in [0, 0.1) is 0 Å². The summed E-state index contributed by atoms with van der Waals surface area (Å²) in [5.41, 5.74) is 7.35. The highest BCUT2D eigenvalue weighted by atomic mass is 79.9. The van der Waals surface area contributed by atoms with Crippen LogP contribution < -0.4 is 5.73 Å². The first-order valence-electron chi connectivity index (χ1n) is 4.77. The molecule has 0 spiro atoms. The molecule has 0 amide bonds. The van der Waals surface area contributed by atoms with Crippen molar-refractivity contribution in [1.29, 1.82) is 0 Å². The second kappa shape index (κ2) is 5.25. The van der Waals surface area contributed by atoms with Gasteiger partial charge in [-0.25, -0.2) is 0 Å². The van der Waals surface area contributed by atoms with Crippen molar-refractivity contribution in [3.05, 3.63) is 43.2 Å². The third kappa shape index (κ3) is 3.14. The Morgan fingerprint density at radius 2 is 2.27 bits per heavy atom. The molecule has 2 N–H and O–H groups in total. The van der Waals surface area contributed by atoms with E-state index in [1.165, 1.54) is 10.4 Å². The summed E-state index contributed by atoms with van der Waals surface area (Å²) in [6.45, 7) is 0. The van der Waals surface area contributed by atoms with Gasteiger partial charge in [-0.05, 0) is 57.2 Å². The fourth-order valence-corrected chi connectivity index (χ4v) is 3.40. The van der Waals surface area contributed by atoms with E-state index >= 15 is 0 Å². The Morgan fingerprint density at radius 1 is 1.40 bits per heavy atom. The molecule has 0 saturated heterocycles. The highest BCUT2D eigenvalue weighted by Crippen LogP contribution is 2.26. The first-order chi connectivity index (χ1) is 7.25. The van der Waals surface area contributed by atoms with E-state index in [0.717, 1.165) is 16.6 Å². The number of hydrogen-bond donors (Lipinski definition) is 1. The van der Waals surface area contributed by atoms with Crippen LogP contribution in [0.3, 0.4) is 0 Å². The zero-order valence-electron chi connectivity index (χ0n) is 8.15. The molecule has 2 heterocycles. The van der Waals surface area contributed by atoms with E-state index in [1.807, 2.05) is 0 Å². The molecule has 2 rings (SSSR count). The largest absolute Gasteiger partial charge is 0.324 e. The molecule has 0 radical (unpaired) electrons. The molecule has 0 fully saturated rings. The van der Waals surface area contributed by atoms with E-state index in [-0.39, 0.29) is 6.04 Å². The van der Waals surface area contributed by atoms with Crippen molar-refractivity contribution in [3.8, 4) is 0 Å². The highest BCUT2D eigenvalue weighted by molar-refractivity contribution is 9.11. The fourth-order valence-electron chi connectivity index (χ4n) is 1.44. The first-order valence-corrected chi connectivity index (χ1v) is 7.33. The Balaban J connectivity index is 1.90. The molecule has 1 atom stereocenters. The average Bonchev–Trinajstić information content (AvgIpc) is 2.84. The quantitative estimate of drug-likeness (QED) is 0.899. The van der Waals surface area contributed by atoms with Gasteiger partial charge in [0.15, 0.2) is 0 Å². The van der Waals surface area contributed by atoms with Gasteiger partial charge in [0, 0.05) is 10.9 Å². The monoisotopic (exact) mass is 301 g/mol. The second-order valence-corrected chi connectivity index (χ2v) is 6.73. The molecule has 2 aromatic rings. The van der Waals surface area contributed by atoms with E-state index < -0.39 is 0 Å². The Kier molecular flexibility index (Phi) is 3.97. The predicted molar refractivity (Wildman–Crippen MR) is 71.6 cm³/mol. The molecule has 1 unspecified atom stereocenters. The van der Waals surface area contributed by atoms with Gasteiger partial charge in [-0.3, -0.25) is 0 Å². The molecule has 0 aliphatic heterocycles. The zero-order chi connectivity index (χ0) is 10.7. The number of aryl methyl sites for hydroxylation is 1. The summed E-state index contributed by atoms with van der Waals surface area (Å²) in [7, 11) is 0. The summed E-state index contributed by atoms with van der Waals surface area (Å²) in [6.07, 6.45) is 2.09. The first kappa shape index (κ1) is 11.3. The molecular weight excluding hydrogens is 290 g/mol. The standard InChI is InChI=1S/C11H12BrNS2/c12-11-6-8(7-15-11)10(13)4-3-9-2-1-5-14-9/h1-2,5-7,10H,3-4,13H2. The molecular formula is C11H12BrNS2. The molecule has 0 aromatic carbocycles. The molecule has 0 aliphatic rings. The molecule has 4 heteroatoms. The van der Waals surface area contributed by atoms with E-state index in [9.17, 15) is 0 Å². The average molecular weight is 302 g/mol. The van der Waals surface area contributed by atoms with Crippen LogP contribution in [0.4, 0.5) is 0 Å². The van der Waals surface area contributed by atoms with Crippen molar-refractivity contribution in [1.82, 2.24) is 0 Å². The number of halogens is 1. The maximum absolute atomic E-state index is 6.12. The van der Waals surface area contributed by atoms with Crippen LogP contribution in [0.15, 0.2) is 32.7 Å². The van der Waals surface area contributed by atoms with Gasteiger partial charge in [0.2, 0.25) is 0 Å². The minimum atomic E-state index is 0.162. The SMILES string of the molecule is NC(CCc1cccs1)c1csc(Br)c1. The van der Waals surface area contributed by atoms with Gasteiger partial charge in [-0.1, -0.05) is 6.07 Å². The van der Waals surface area contributed by atoms with Crippen LogP contribution in [0.1, 0.15) is 22.9 Å². The van der Waals surface area contributed by atoms with Crippen LogP contribution >= 0.6 is 38.6 Å². The van der Waals surface area contributed by atoms with Crippen molar-refractivity contribution in [2.45, 2.75) is 18.9 Å². The van der Waals surface area contributed by atoms with Crippen molar-refractivity contribution in [2.75, 3.05) is 0 Å². The Hall–Kier alpha value is -0.160. The number of hydrogen-bond acceptors (Lipinski definition) is 3. The lowest BCUT2D eigenvalue weighted by Crippen LogP contribution is -2.09. The number of nitrogens with two attached hydrogens (primary N) is 1. The minimum Gasteiger partial charge on any atom is -0.324 e. The van der Waals surface area contributed by atoms with Gasteiger partial charge in [-0.2, -0.15) is 0 Å². The molecule has 0 bridgehead atoms. The van der Waals surface area contributed by atoms with Crippen LogP contribution in [-0.2, 0) is 6.42 Å². The summed E-state index contributed by atoms with van der Waals surface area (Å²) in [5.74, 6) is 0. The lowest BCUT2D eigenvalue weighted by molar-refractivity contribution is 0.657. The maximum atomic E-state index is 6.12. The van der Waals surface area contributed by atoms with Crippen molar-refractivity contribution in [3.63, 3.8) is 0 Å². The predicted octanol–water partition coefficient (Wildman–Crippen LogP) is 4.20. The minimum absolute atomic E-state index is 0.162. The van der Waals surface area contributed by atoms with Gasteiger partial charge < -0.3 is 5.73 Å². The van der Waals surface area contributed by atoms with Crippen molar-refractivity contribution >= 4 is 38.6 Å². The van der Waals surface area contributed by atoms with Gasteiger partial charge >= 0.3 is 0 Å². The van der Waals surface area contributed by atoms with Gasteiger partial charge in [0.05, 0.1) is 3.79 Å². The molecule has 15 heavy (non-hydrogen) atoms. The summed E-state index contributed by atoms with van der Waals surface area (Å²) < 4.78 is 1.16. The summed E-state index contributed by atoms with van der Waals surface area (Å²) in [5, 5.41) is 4.24. The zero-order valence-corrected chi connectivity index (χ0v) is 11.4. The van der Waals surface area contributed by atoms with Gasteiger partial charge in [-0.15, -0.1) is 22.7 Å². The van der Waals surface area contributed by atoms with E-state index in [2.05, 4.69) is 44.9 Å². The van der Waals surface area contributed by atoms with Crippen LogP contribution in [0.2, 0.25) is 0 Å². The topological polar surface area (TPSA) is 26.0 Å². The van der Waals surface area contributed by atoms with Crippen LogP contribution in [0.5, 0.6) is 0 Å². The Bertz CT molecular complexity index is 408. The fraction of sp³-hybridized carbons (Fsp3) is 0.273. The summed E-state index contributed by atoms with van der Waals surface area (Å²) in [6, 6.07) is 6.53. The Morgan fingerprint density at radius 3 is 2.87 bits per heavy atom. The van der Waals surface area contributed by atoms with Crippen LogP contribution in [0.25, 0.3) is 0 Å². The summed E-state index contributed by atoms with van der Waals surface area (Å²) >= 11 is 6.95. The molecule has 0 aliphatic carbocycles. The van der Waals surface area contributed by atoms with Gasteiger partial charge in [0.25, 0.3) is 0 Å². The smallest absolute Gasteiger partial charge is 0.0701 e. The normalized spacial score (nSPS) is 12.9. The number of thiophene rings is 2. The van der Waals surface area contributed by atoms with E-state index in [4.69, 9.17) is 5.73 Å². The Labute approximate surface area is 106 Å². The van der Waals surface area contributed by atoms with E-state index in [0.29, 0.717) is 0 Å². The third-order valence-corrected chi connectivity index (χ3v) is 4.76. The molecule has 80 valence electrons. The van der Waals surface area contributed by atoms with Crippen molar-refractivity contribution in [2.24, 2.45) is 5.73 Å². The van der Waals surface area contributed by atoms with E-state index in [1.54, 1.807) is 22.7 Å². The van der Waals surface area contributed by atoms with Crippen molar-refractivity contribution < 1.29 is 0 Å². The lowest BCUT2D eigenvalue weighted by Gasteiger charge is -2.08. The molecule has 2 aromatic heterocycles. The second-order valence-electron chi connectivity index (χ2n) is 3.41. The maximum Gasteiger partial charge on any atom is 0.0701 e. The van der Waals surface area contributed by atoms with Crippen LogP contribution in [-0.4, -0.2) is 0 Å². The highest BCUT2D eigenvalue weighted by Gasteiger charge is 2.08.